The van der Waals surface area contributed by atoms with E-state index in [9.17, 15) is 9.59 Å². The van der Waals surface area contributed by atoms with Crippen LogP contribution in [0.1, 0.15) is 26.2 Å². The van der Waals surface area contributed by atoms with E-state index in [0.717, 1.165) is 12.8 Å². The van der Waals surface area contributed by atoms with Crippen LogP contribution in [0.2, 0.25) is 0 Å². The fourth-order valence-corrected chi connectivity index (χ4v) is 5.32. The molecule has 2 atom stereocenters. The first-order valence-corrected chi connectivity index (χ1v) is 12.5. The Morgan fingerprint density at radius 3 is 3.00 bits per heavy atom. The summed E-state index contributed by atoms with van der Waals surface area (Å²) in [6.07, 6.45) is 3.94. The largest absolute Gasteiger partial charge is 0.481 e. The average Bonchev–Trinajstić information content (AvgIpc) is 3.44. The van der Waals surface area contributed by atoms with E-state index in [1.165, 1.54) is 4.90 Å². The van der Waals surface area contributed by atoms with Crippen LogP contribution in [0.5, 0.6) is 11.5 Å². The highest BCUT2D eigenvalue weighted by Gasteiger charge is 2.41. The van der Waals surface area contributed by atoms with E-state index in [2.05, 4.69) is 36.6 Å². The normalized spacial score (nSPS) is 20.8. The molecule has 0 radical (unpaired) electrons. The minimum Gasteiger partial charge on any atom is -0.481 e. The number of ether oxygens (including phenoxy) is 2. The first-order chi connectivity index (χ1) is 17.7. The monoisotopic (exact) mass is 568 g/mol. The number of fused-ring (bicyclic) bond motifs is 2. The van der Waals surface area contributed by atoms with Crippen molar-refractivity contribution in [2.24, 2.45) is 5.41 Å². The van der Waals surface area contributed by atoms with Crippen LogP contribution >= 0.6 is 15.9 Å². The Morgan fingerprint density at radius 1 is 1.43 bits per heavy atom. The summed E-state index contributed by atoms with van der Waals surface area (Å²) in [6, 6.07) is 5.44. The highest BCUT2D eigenvalue weighted by Crippen LogP contribution is 2.43. The number of hydrogen-bond donors (Lipinski definition) is 2. The fourth-order valence-electron chi connectivity index (χ4n) is 4.89. The molecule has 3 heterocycles. The van der Waals surface area contributed by atoms with E-state index in [0.29, 0.717) is 50.9 Å². The fraction of sp³-hybridized carbons (Fsp3) is 0.417. The number of carbonyl (C=O) groups excluding carboxylic acids is 2. The minimum absolute atomic E-state index is 0.0339. The van der Waals surface area contributed by atoms with Crippen LogP contribution in [0.15, 0.2) is 22.9 Å². The SMILES string of the molecule is CNC(=O)[C@]1(C)CC[C@@H](Nc2ncc3c(Br)nn(-c4cc(OCC#N)c5c(c4)OCC(=O)N5C)c3n2)C1. The van der Waals surface area contributed by atoms with Crippen molar-refractivity contribution < 1.29 is 19.1 Å². The van der Waals surface area contributed by atoms with Crippen LogP contribution in [0, 0.1) is 16.7 Å². The van der Waals surface area contributed by atoms with E-state index in [1.54, 1.807) is 37.1 Å². The number of nitriles is 1. The van der Waals surface area contributed by atoms with Crippen molar-refractivity contribution in [3.63, 3.8) is 0 Å². The van der Waals surface area contributed by atoms with E-state index >= 15 is 0 Å². The molecule has 2 amide bonds. The molecule has 12 nitrogen and oxygen atoms in total. The molecule has 192 valence electrons. The second-order valence-corrected chi connectivity index (χ2v) is 10.1. The minimum atomic E-state index is -0.432. The maximum Gasteiger partial charge on any atom is 0.264 e. The molecule has 1 aromatic carbocycles. The van der Waals surface area contributed by atoms with Gasteiger partial charge in [-0.25, -0.2) is 9.67 Å². The number of amides is 2. The molecule has 2 aliphatic rings. The lowest BCUT2D eigenvalue weighted by atomic mass is 9.87. The number of nitrogens with one attached hydrogen (secondary N) is 2. The predicted octanol–water partition coefficient (Wildman–Crippen LogP) is 2.55. The zero-order chi connectivity index (χ0) is 26.3. The highest BCUT2D eigenvalue weighted by atomic mass is 79.9. The van der Waals surface area contributed by atoms with Gasteiger partial charge in [0.1, 0.15) is 22.1 Å². The summed E-state index contributed by atoms with van der Waals surface area (Å²) in [4.78, 5) is 35.1. The van der Waals surface area contributed by atoms with Gasteiger partial charge in [0.2, 0.25) is 11.9 Å². The van der Waals surface area contributed by atoms with Crippen molar-refractivity contribution in [3.05, 3.63) is 22.9 Å². The van der Waals surface area contributed by atoms with Crippen molar-refractivity contribution >= 4 is 50.4 Å². The molecule has 2 N–H and O–H groups in total. The van der Waals surface area contributed by atoms with Gasteiger partial charge in [0.05, 0.1) is 11.1 Å². The summed E-state index contributed by atoms with van der Waals surface area (Å²) in [6.45, 7) is 1.66. The molecule has 3 aromatic rings. The number of carbonyl (C=O) groups is 2. The molecule has 1 aliphatic heterocycles. The topological polar surface area (TPSA) is 147 Å². The van der Waals surface area contributed by atoms with Crippen LogP contribution in [0.25, 0.3) is 16.7 Å². The highest BCUT2D eigenvalue weighted by molar-refractivity contribution is 9.10. The Kier molecular flexibility index (Phi) is 6.36. The maximum atomic E-state index is 12.3. The lowest BCUT2D eigenvalue weighted by Gasteiger charge is -2.28. The maximum absolute atomic E-state index is 12.3. The summed E-state index contributed by atoms with van der Waals surface area (Å²) in [5, 5.41) is 20.4. The molecule has 0 bridgehead atoms. The van der Waals surface area contributed by atoms with Gasteiger partial charge in [0.15, 0.2) is 24.6 Å². The Hall–Kier alpha value is -3.92. The van der Waals surface area contributed by atoms with Crippen LogP contribution in [0.4, 0.5) is 11.6 Å². The third-order valence-electron chi connectivity index (χ3n) is 6.85. The zero-order valence-electron chi connectivity index (χ0n) is 20.5. The van der Waals surface area contributed by atoms with E-state index < -0.39 is 5.41 Å². The van der Waals surface area contributed by atoms with Gasteiger partial charge in [0.25, 0.3) is 5.91 Å². The Balaban J connectivity index is 1.52. The second-order valence-electron chi connectivity index (χ2n) is 9.34. The van der Waals surface area contributed by atoms with E-state index in [1.807, 2.05) is 13.0 Å². The summed E-state index contributed by atoms with van der Waals surface area (Å²) in [7, 11) is 3.29. The lowest BCUT2D eigenvalue weighted by Crippen LogP contribution is -2.36. The van der Waals surface area contributed by atoms with Gasteiger partial charge in [-0.1, -0.05) is 6.92 Å². The van der Waals surface area contributed by atoms with E-state index in [-0.39, 0.29) is 31.1 Å². The molecule has 0 unspecified atom stereocenters. The van der Waals surface area contributed by atoms with Gasteiger partial charge < -0.3 is 25.0 Å². The van der Waals surface area contributed by atoms with Gasteiger partial charge in [-0.05, 0) is 35.2 Å². The average molecular weight is 569 g/mol. The van der Waals surface area contributed by atoms with Gasteiger partial charge in [-0.2, -0.15) is 15.3 Å². The number of hydrogen-bond acceptors (Lipinski definition) is 9. The number of benzene rings is 1. The molecule has 0 saturated heterocycles. The molecule has 5 rings (SSSR count). The lowest BCUT2D eigenvalue weighted by molar-refractivity contribution is -0.129. The van der Waals surface area contributed by atoms with Crippen molar-refractivity contribution in [1.82, 2.24) is 25.1 Å². The summed E-state index contributed by atoms with van der Waals surface area (Å²) < 4.78 is 13.5. The first-order valence-electron chi connectivity index (χ1n) is 11.7. The molecular formula is C24H25BrN8O4. The smallest absolute Gasteiger partial charge is 0.264 e. The summed E-state index contributed by atoms with van der Waals surface area (Å²) in [5.74, 6) is 0.979. The van der Waals surface area contributed by atoms with Crippen molar-refractivity contribution in [1.29, 1.82) is 5.26 Å². The van der Waals surface area contributed by atoms with Gasteiger partial charge in [0, 0.05) is 43.9 Å². The first kappa shape index (κ1) is 24.8. The Labute approximate surface area is 221 Å². The van der Waals surface area contributed by atoms with Crippen LogP contribution < -0.4 is 25.0 Å². The number of aromatic nitrogens is 4. The quantitative estimate of drug-likeness (QED) is 0.457. The molecule has 1 saturated carbocycles. The predicted molar refractivity (Wildman–Crippen MR) is 138 cm³/mol. The van der Waals surface area contributed by atoms with Gasteiger partial charge in [-0.15, -0.1) is 0 Å². The molecule has 1 aliphatic carbocycles. The van der Waals surface area contributed by atoms with Crippen molar-refractivity contribution in [2.75, 3.05) is 37.5 Å². The van der Waals surface area contributed by atoms with Crippen molar-refractivity contribution in [3.8, 4) is 23.3 Å². The van der Waals surface area contributed by atoms with Crippen LogP contribution in [0.3, 0.4) is 0 Å². The van der Waals surface area contributed by atoms with Crippen LogP contribution in [-0.4, -0.2) is 64.9 Å². The van der Waals surface area contributed by atoms with Crippen molar-refractivity contribution in [2.45, 2.75) is 32.2 Å². The third kappa shape index (κ3) is 4.42. The molecular weight excluding hydrogens is 544 g/mol. The number of rotatable bonds is 6. The molecule has 1 fully saturated rings. The summed E-state index contributed by atoms with van der Waals surface area (Å²) in [5.41, 5.74) is 1.12. The molecule has 13 heteroatoms. The number of nitrogens with zero attached hydrogens (tertiary/aromatic N) is 6. The standard InChI is InChI=1S/C24H25BrN8O4/c1-24(22(35)27-2)5-4-13(10-24)29-23-28-11-15-20(25)31-33(21(15)30-23)14-8-16(36-7-6-26)19-17(9-14)37-12-18(34)32(19)3/h8-9,11,13H,4-5,7,10,12H2,1-3H3,(H,27,35)(H,28,29,30)/t13-,24-/m1/s1. The summed E-state index contributed by atoms with van der Waals surface area (Å²) >= 11 is 3.48. The molecule has 37 heavy (non-hydrogen) atoms. The number of anilines is 2. The van der Waals surface area contributed by atoms with Gasteiger partial charge in [-0.3, -0.25) is 9.59 Å². The number of likely N-dealkylation sites (N-methyl/N-ethyl adjacent to an activating group) is 1. The third-order valence-corrected chi connectivity index (χ3v) is 7.44. The van der Waals surface area contributed by atoms with Crippen LogP contribution in [-0.2, 0) is 9.59 Å². The van der Waals surface area contributed by atoms with Gasteiger partial charge >= 0.3 is 0 Å². The van der Waals surface area contributed by atoms with E-state index in [4.69, 9.17) is 19.7 Å². The Morgan fingerprint density at radius 2 is 2.24 bits per heavy atom. The molecule has 0 spiro atoms. The Bertz CT molecular complexity index is 1450. The second kappa shape index (κ2) is 9.51. The molecule has 2 aromatic heterocycles. The zero-order valence-corrected chi connectivity index (χ0v) is 22.1. The number of halogens is 1.